The van der Waals surface area contributed by atoms with E-state index in [4.69, 9.17) is 4.74 Å². The largest absolute Gasteiger partial charge is 0.471 e. The van der Waals surface area contributed by atoms with Crippen LogP contribution in [0.5, 0.6) is 5.88 Å². The monoisotopic (exact) mass is 315 g/mol. The topological polar surface area (TPSA) is 101 Å². The average Bonchev–Trinajstić information content (AvgIpc) is 2.57. The van der Waals surface area contributed by atoms with E-state index in [1.165, 1.54) is 12.1 Å². The van der Waals surface area contributed by atoms with Gasteiger partial charge >= 0.3 is 0 Å². The number of aryl methyl sites for hydroxylation is 1. The van der Waals surface area contributed by atoms with E-state index >= 15 is 0 Å². The number of carbonyl (C=O) groups is 1. The highest BCUT2D eigenvalue weighted by Crippen LogP contribution is 2.17. The second kappa shape index (κ2) is 6.55. The van der Waals surface area contributed by atoms with Crippen LogP contribution in [0, 0.1) is 6.92 Å². The third kappa shape index (κ3) is 3.71. The van der Waals surface area contributed by atoms with E-state index in [2.05, 4.69) is 20.4 Å². The highest BCUT2D eigenvalue weighted by molar-refractivity contribution is 5.92. The lowest BCUT2D eigenvalue weighted by Gasteiger charge is -2.32. The van der Waals surface area contributed by atoms with Gasteiger partial charge in [-0.3, -0.25) is 9.59 Å². The fraction of sp³-hybridized carbons (Fsp3) is 0.400. The van der Waals surface area contributed by atoms with E-state index in [0.717, 1.165) is 18.5 Å². The van der Waals surface area contributed by atoms with Crippen LogP contribution in [0.25, 0.3) is 0 Å². The molecule has 0 aliphatic carbocycles. The molecule has 1 aliphatic rings. The van der Waals surface area contributed by atoms with Crippen molar-refractivity contribution in [2.45, 2.75) is 25.9 Å². The molecule has 2 aromatic heterocycles. The second-order valence-corrected chi connectivity index (χ2v) is 5.45. The summed E-state index contributed by atoms with van der Waals surface area (Å²) in [7, 11) is 0. The van der Waals surface area contributed by atoms with Crippen LogP contribution >= 0.6 is 0 Å². The predicted molar refractivity (Wildman–Crippen MR) is 81.2 cm³/mol. The molecule has 1 N–H and O–H groups in total. The Balaban J connectivity index is 1.65. The SMILES string of the molecule is Cc1ccc(O[C@@H]2CCCN(C(=O)c3ccc(=O)[nH]n3)C2)nn1. The summed E-state index contributed by atoms with van der Waals surface area (Å²) < 4.78 is 5.80. The average molecular weight is 315 g/mol. The lowest BCUT2D eigenvalue weighted by atomic mass is 10.1. The highest BCUT2D eigenvalue weighted by Gasteiger charge is 2.26. The van der Waals surface area contributed by atoms with Crippen LogP contribution in [0.15, 0.2) is 29.1 Å². The number of aromatic amines is 1. The van der Waals surface area contributed by atoms with Crippen molar-refractivity contribution in [1.82, 2.24) is 25.3 Å². The first-order chi connectivity index (χ1) is 11.1. The van der Waals surface area contributed by atoms with Crippen LogP contribution in [-0.2, 0) is 0 Å². The van der Waals surface area contributed by atoms with Gasteiger partial charge in [0.1, 0.15) is 11.8 Å². The van der Waals surface area contributed by atoms with Gasteiger partial charge in [0, 0.05) is 18.7 Å². The Kier molecular flexibility index (Phi) is 4.31. The summed E-state index contributed by atoms with van der Waals surface area (Å²) in [4.78, 5) is 25.1. The van der Waals surface area contributed by atoms with Gasteiger partial charge in [0.25, 0.3) is 11.5 Å². The Labute approximate surface area is 132 Å². The van der Waals surface area contributed by atoms with Crippen molar-refractivity contribution in [3.8, 4) is 5.88 Å². The number of nitrogens with one attached hydrogen (secondary N) is 1. The molecule has 1 saturated heterocycles. The van der Waals surface area contributed by atoms with E-state index in [9.17, 15) is 9.59 Å². The fourth-order valence-corrected chi connectivity index (χ4v) is 2.46. The summed E-state index contributed by atoms with van der Waals surface area (Å²) in [5.74, 6) is 0.238. The van der Waals surface area contributed by atoms with Crippen molar-refractivity contribution < 1.29 is 9.53 Å². The Morgan fingerprint density at radius 2 is 2.17 bits per heavy atom. The molecule has 0 aromatic carbocycles. The first-order valence-corrected chi connectivity index (χ1v) is 7.44. The van der Waals surface area contributed by atoms with Crippen LogP contribution < -0.4 is 10.3 Å². The Morgan fingerprint density at radius 1 is 1.30 bits per heavy atom. The Hall–Kier alpha value is -2.77. The minimum absolute atomic E-state index is 0.132. The van der Waals surface area contributed by atoms with Gasteiger partial charge in [-0.1, -0.05) is 0 Å². The second-order valence-electron chi connectivity index (χ2n) is 5.45. The molecule has 0 spiro atoms. The number of hydrogen-bond donors (Lipinski definition) is 1. The number of aromatic nitrogens is 4. The number of nitrogens with zero attached hydrogens (tertiary/aromatic N) is 4. The third-order valence-electron chi connectivity index (χ3n) is 3.62. The number of likely N-dealkylation sites (tertiary alicyclic amines) is 1. The summed E-state index contributed by atoms with van der Waals surface area (Å²) in [6.07, 6.45) is 1.55. The van der Waals surface area contributed by atoms with Gasteiger partial charge in [-0.25, -0.2) is 5.10 Å². The van der Waals surface area contributed by atoms with E-state index in [0.29, 0.717) is 19.0 Å². The van der Waals surface area contributed by atoms with Crippen molar-refractivity contribution in [1.29, 1.82) is 0 Å². The maximum absolute atomic E-state index is 12.4. The summed E-state index contributed by atoms with van der Waals surface area (Å²) in [6, 6.07) is 6.32. The lowest BCUT2D eigenvalue weighted by Crippen LogP contribution is -2.44. The molecular formula is C15H17N5O3. The number of ether oxygens (including phenoxy) is 1. The lowest BCUT2D eigenvalue weighted by molar-refractivity contribution is 0.0519. The minimum atomic E-state index is -0.334. The molecule has 8 heteroatoms. The maximum Gasteiger partial charge on any atom is 0.274 e. The van der Waals surface area contributed by atoms with Gasteiger partial charge in [-0.15, -0.1) is 5.10 Å². The van der Waals surface area contributed by atoms with Crippen LogP contribution in [0.2, 0.25) is 0 Å². The van der Waals surface area contributed by atoms with E-state index in [-0.39, 0.29) is 23.3 Å². The number of piperidine rings is 1. The molecule has 23 heavy (non-hydrogen) atoms. The molecular weight excluding hydrogens is 298 g/mol. The van der Waals surface area contributed by atoms with E-state index in [1.807, 2.05) is 13.0 Å². The van der Waals surface area contributed by atoms with Crippen molar-refractivity contribution in [2.24, 2.45) is 0 Å². The summed E-state index contributed by atoms with van der Waals surface area (Å²) in [6.45, 7) is 2.95. The minimum Gasteiger partial charge on any atom is -0.471 e. The summed E-state index contributed by atoms with van der Waals surface area (Å²) in [5, 5.41) is 14.0. The predicted octanol–water partition coefficient (Wildman–Crippen LogP) is 0.552. The van der Waals surface area contributed by atoms with Gasteiger partial charge in [-0.05, 0) is 31.9 Å². The molecule has 0 radical (unpaired) electrons. The highest BCUT2D eigenvalue weighted by atomic mass is 16.5. The molecule has 3 rings (SSSR count). The van der Waals surface area contributed by atoms with Crippen molar-refractivity contribution >= 4 is 5.91 Å². The van der Waals surface area contributed by atoms with Crippen LogP contribution in [0.3, 0.4) is 0 Å². The molecule has 1 atom stereocenters. The first kappa shape index (κ1) is 15.1. The van der Waals surface area contributed by atoms with E-state index < -0.39 is 0 Å². The third-order valence-corrected chi connectivity index (χ3v) is 3.62. The van der Waals surface area contributed by atoms with Crippen molar-refractivity contribution in [2.75, 3.05) is 13.1 Å². The Bertz CT molecular complexity index is 723. The van der Waals surface area contributed by atoms with Gasteiger partial charge in [-0.2, -0.15) is 10.2 Å². The van der Waals surface area contributed by atoms with Gasteiger partial charge < -0.3 is 9.64 Å². The fourth-order valence-electron chi connectivity index (χ4n) is 2.46. The number of amides is 1. The zero-order chi connectivity index (χ0) is 16.2. The van der Waals surface area contributed by atoms with Crippen LogP contribution in [-0.4, -0.2) is 50.4 Å². The van der Waals surface area contributed by atoms with Crippen LogP contribution in [0.4, 0.5) is 0 Å². The van der Waals surface area contributed by atoms with E-state index in [1.54, 1.807) is 11.0 Å². The molecule has 1 aliphatic heterocycles. The number of rotatable bonds is 3. The van der Waals surface area contributed by atoms with Crippen molar-refractivity contribution in [3.05, 3.63) is 46.0 Å². The standard InChI is InChI=1S/C15H17N5O3/c1-10-4-7-14(19-16-10)23-11-3-2-8-20(9-11)15(22)12-5-6-13(21)18-17-12/h4-7,11H,2-3,8-9H2,1H3,(H,18,21)/t11-/m1/s1. The first-order valence-electron chi connectivity index (χ1n) is 7.44. The maximum atomic E-state index is 12.4. The number of H-pyrrole nitrogens is 1. The smallest absolute Gasteiger partial charge is 0.274 e. The zero-order valence-electron chi connectivity index (χ0n) is 12.7. The molecule has 2 aromatic rings. The molecule has 1 amide bonds. The molecule has 0 unspecified atom stereocenters. The number of carbonyl (C=O) groups excluding carboxylic acids is 1. The molecule has 1 fully saturated rings. The number of hydrogen-bond acceptors (Lipinski definition) is 6. The van der Waals surface area contributed by atoms with Gasteiger partial charge in [0.2, 0.25) is 5.88 Å². The molecule has 0 saturated carbocycles. The molecule has 0 bridgehead atoms. The Morgan fingerprint density at radius 3 is 2.87 bits per heavy atom. The van der Waals surface area contributed by atoms with Crippen LogP contribution in [0.1, 0.15) is 29.0 Å². The molecule has 120 valence electrons. The van der Waals surface area contributed by atoms with Gasteiger partial charge in [0.05, 0.1) is 12.2 Å². The zero-order valence-corrected chi connectivity index (χ0v) is 12.7. The van der Waals surface area contributed by atoms with Crippen molar-refractivity contribution in [3.63, 3.8) is 0 Å². The summed E-state index contributed by atoms with van der Waals surface area (Å²) in [5.41, 5.74) is 0.710. The molecule has 8 nitrogen and oxygen atoms in total. The molecule has 3 heterocycles. The normalized spacial score (nSPS) is 17.8. The summed E-state index contributed by atoms with van der Waals surface area (Å²) >= 11 is 0. The van der Waals surface area contributed by atoms with Gasteiger partial charge in [0.15, 0.2) is 0 Å². The quantitative estimate of drug-likeness (QED) is 0.887.